The van der Waals surface area contributed by atoms with Gasteiger partial charge in [0.1, 0.15) is 11.5 Å². The number of hydrogen-bond acceptors (Lipinski definition) is 4. The molecular formula is C16H15O4. The molecular weight excluding hydrogens is 256 g/mol. The van der Waals surface area contributed by atoms with E-state index in [1.807, 2.05) is 12.1 Å². The molecule has 0 saturated carbocycles. The van der Waals surface area contributed by atoms with E-state index in [1.165, 1.54) is 0 Å². The average Bonchev–Trinajstić information content (AvgIpc) is 2.42. The summed E-state index contributed by atoms with van der Waals surface area (Å²) in [6, 6.07) is 17.4. The maximum Gasteiger partial charge on any atom is 1.00 e. The summed E-state index contributed by atoms with van der Waals surface area (Å²) in [7, 11) is 0. The molecule has 3 radical (unpaired) electrons. The Morgan fingerprint density at radius 3 is 1.25 bits per heavy atom. The average molecular weight is 271 g/mol. The second-order valence-corrected chi connectivity index (χ2v) is 3.19. The van der Waals surface area contributed by atoms with E-state index in [-0.39, 0.29) is 7.43 Å². The smallest absolute Gasteiger partial charge is 0.545 e. The highest BCUT2D eigenvalue weighted by Crippen LogP contribution is 2.03. The van der Waals surface area contributed by atoms with E-state index in [0.29, 0.717) is 11.5 Å². The van der Waals surface area contributed by atoms with Crippen LogP contribution in [0.3, 0.4) is 0 Å². The number of carbonyl (C=O) groups excluding carboxylic acids is 1. The van der Waals surface area contributed by atoms with Crippen LogP contribution in [0.5, 0.6) is 11.5 Å². The third-order valence-corrected chi connectivity index (χ3v) is 1.68. The first-order valence-electron chi connectivity index (χ1n) is 5.37. The van der Waals surface area contributed by atoms with Gasteiger partial charge in [0, 0.05) is 0 Å². The summed E-state index contributed by atoms with van der Waals surface area (Å²) in [4.78, 5) is 9.14. The lowest BCUT2D eigenvalue weighted by Crippen LogP contribution is -2.17. The van der Waals surface area contributed by atoms with Crippen molar-refractivity contribution in [2.24, 2.45) is 0 Å². The Morgan fingerprint density at radius 1 is 0.900 bits per heavy atom. The molecule has 2 aromatic carbocycles. The Labute approximate surface area is 119 Å². The Bertz CT molecular complexity index is 429. The summed E-state index contributed by atoms with van der Waals surface area (Å²) in [6.07, 6.45) is 0.722. The van der Waals surface area contributed by atoms with Crippen molar-refractivity contribution >= 4 is 5.97 Å². The predicted octanol–water partition coefficient (Wildman–Crippen LogP) is 1.79. The third-order valence-electron chi connectivity index (χ3n) is 1.68. The normalized spacial score (nSPS) is 7.60. The largest absolute Gasteiger partial charge is 1.00 e. The fourth-order valence-corrected chi connectivity index (χ4v) is 0.856. The second-order valence-electron chi connectivity index (χ2n) is 3.19. The maximum absolute atomic E-state index is 9.14. The minimum Gasteiger partial charge on any atom is -0.545 e. The van der Waals surface area contributed by atoms with Gasteiger partial charge in [-0.15, -0.1) is 0 Å². The molecule has 0 aliphatic heterocycles. The molecule has 0 amide bonds. The summed E-state index contributed by atoms with van der Waals surface area (Å²) in [6.45, 7) is 2.90. The van der Waals surface area contributed by atoms with E-state index in [4.69, 9.17) is 20.1 Å². The molecule has 0 fully saturated rings. The number of phenols is 2. The summed E-state index contributed by atoms with van der Waals surface area (Å²) < 4.78 is 0. The molecule has 0 aliphatic carbocycles. The molecule has 0 heterocycles. The fourth-order valence-electron chi connectivity index (χ4n) is 0.856. The van der Waals surface area contributed by atoms with Crippen LogP contribution in [-0.2, 0) is 4.79 Å². The van der Waals surface area contributed by atoms with Crippen molar-refractivity contribution in [1.29, 1.82) is 0 Å². The molecule has 0 aliphatic rings. The first-order valence-corrected chi connectivity index (χ1v) is 5.37. The monoisotopic (exact) mass is 271 g/mol. The Balaban J connectivity index is 0. The zero-order chi connectivity index (χ0) is 14.5. The molecule has 4 nitrogen and oxygen atoms in total. The summed E-state index contributed by atoms with van der Waals surface area (Å²) in [5, 5.41) is 26.4. The lowest BCUT2D eigenvalue weighted by molar-refractivity contribution is -0.297. The quantitative estimate of drug-likeness (QED) is 0.612. The van der Waals surface area contributed by atoms with Gasteiger partial charge in [0.25, 0.3) is 0 Å². The van der Waals surface area contributed by atoms with Gasteiger partial charge in [-0.1, -0.05) is 43.0 Å². The molecule has 20 heavy (non-hydrogen) atoms. The van der Waals surface area contributed by atoms with E-state index >= 15 is 0 Å². The molecule has 103 valence electrons. The van der Waals surface area contributed by atoms with E-state index in [9.17, 15) is 0 Å². The van der Waals surface area contributed by atoms with Crippen LogP contribution in [0.1, 0.15) is 0 Å². The first-order chi connectivity index (χ1) is 9.06. The zero-order valence-corrected chi connectivity index (χ0v) is 10.8. The number of hydrogen-bond donors (Lipinski definition) is 2. The highest BCUT2D eigenvalue weighted by molar-refractivity contribution is 5.76. The number of phenolic OH excluding ortho intramolecular Hbond substituents is 2. The van der Waals surface area contributed by atoms with Gasteiger partial charge in [-0.2, -0.15) is 0 Å². The van der Waals surface area contributed by atoms with Crippen LogP contribution in [-0.4, -0.2) is 16.2 Å². The van der Waals surface area contributed by atoms with Gasteiger partial charge in [0.15, 0.2) is 0 Å². The fraction of sp³-hybridized carbons (Fsp3) is 0. The van der Waals surface area contributed by atoms with Gasteiger partial charge in [0.05, 0.1) is 5.97 Å². The van der Waals surface area contributed by atoms with Crippen molar-refractivity contribution in [3.63, 3.8) is 0 Å². The van der Waals surface area contributed by atoms with Crippen molar-refractivity contribution in [1.82, 2.24) is 0 Å². The van der Waals surface area contributed by atoms with Crippen LogP contribution < -0.4 is 5.11 Å². The van der Waals surface area contributed by atoms with Crippen LogP contribution in [0.15, 0.2) is 73.3 Å². The standard InChI is InChI=1S/2C6H6O.C3H4O2.C/c2*7-6-4-2-1-3-5-6;1-2-3(4)5;/h2*1-5,7H;2H,1H2,(H,4,5);/q;;;+1/p-1. The number of carboxylic acids is 1. The van der Waals surface area contributed by atoms with Crippen LogP contribution >= 0.6 is 0 Å². The first kappa shape index (κ1) is 19.5. The van der Waals surface area contributed by atoms with Crippen molar-refractivity contribution < 1.29 is 20.1 Å². The van der Waals surface area contributed by atoms with Crippen LogP contribution in [0.4, 0.5) is 0 Å². The van der Waals surface area contributed by atoms with E-state index in [1.54, 1.807) is 48.5 Å². The number of aromatic hydroxyl groups is 2. The number of benzene rings is 2. The highest BCUT2D eigenvalue weighted by Gasteiger charge is 1.75. The molecule has 0 spiro atoms. The van der Waals surface area contributed by atoms with Crippen molar-refractivity contribution in [2.75, 3.05) is 0 Å². The zero-order valence-electron chi connectivity index (χ0n) is 10.8. The number of para-hydroxylation sites is 2. The Hall–Kier alpha value is -2.88. The molecule has 4 heteroatoms. The topological polar surface area (TPSA) is 80.6 Å². The Morgan fingerprint density at radius 2 is 1.15 bits per heavy atom. The van der Waals surface area contributed by atoms with Crippen LogP contribution in [0.2, 0.25) is 0 Å². The second kappa shape index (κ2) is 12.6. The van der Waals surface area contributed by atoms with Crippen molar-refractivity contribution in [3.05, 3.63) is 80.7 Å². The SMILES string of the molecule is C=CC(=O)[O-].Oc1ccccc1.Oc1ccccc1.[C+]. The summed E-state index contributed by atoms with van der Waals surface area (Å²) in [5.74, 6) is -0.588. The minimum absolute atomic E-state index is 0. The minimum atomic E-state index is -1.23. The molecule has 2 rings (SSSR count). The van der Waals surface area contributed by atoms with E-state index < -0.39 is 5.97 Å². The Kier molecular flexibility index (Phi) is 12.2. The van der Waals surface area contributed by atoms with Crippen LogP contribution in [0.25, 0.3) is 0 Å². The molecule has 0 aromatic heterocycles. The van der Waals surface area contributed by atoms with Gasteiger partial charge in [0.2, 0.25) is 0 Å². The van der Waals surface area contributed by atoms with Crippen molar-refractivity contribution in [2.45, 2.75) is 0 Å². The highest BCUT2D eigenvalue weighted by atomic mass is 16.4. The van der Waals surface area contributed by atoms with E-state index in [0.717, 1.165) is 6.08 Å². The molecule has 0 atom stereocenters. The van der Waals surface area contributed by atoms with Gasteiger partial charge in [-0.25, -0.2) is 0 Å². The van der Waals surface area contributed by atoms with Gasteiger partial charge < -0.3 is 20.1 Å². The predicted molar refractivity (Wildman–Crippen MR) is 74.7 cm³/mol. The number of carbonyl (C=O) groups is 1. The van der Waals surface area contributed by atoms with Crippen LogP contribution in [0, 0.1) is 7.43 Å². The summed E-state index contributed by atoms with van der Waals surface area (Å²) >= 11 is 0. The lowest BCUT2D eigenvalue weighted by Gasteiger charge is -1.82. The lowest BCUT2D eigenvalue weighted by atomic mass is 10.3. The van der Waals surface area contributed by atoms with Gasteiger partial charge >= 0.3 is 7.43 Å². The number of rotatable bonds is 1. The molecule has 0 unspecified atom stereocenters. The third kappa shape index (κ3) is 13.2. The van der Waals surface area contributed by atoms with Gasteiger partial charge in [-0.3, -0.25) is 0 Å². The number of aliphatic carboxylic acids is 1. The number of carboxylic acid groups (broad SMARTS) is 1. The maximum atomic E-state index is 9.14. The van der Waals surface area contributed by atoms with Crippen molar-refractivity contribution in [3.8, 4) is 11.5 Å². The van der Waals surface area contributed by atoms with E-state index in [2.05, 4.69) is 6.58 Å². The molecule has 2 N–H and O–H groups in total. The molecule has 2 aromatic rings. The molecule has 0 saturated heterocycles. The summed E-state index contributed by atoms with van der Waals surface area (Å²) in [5.41, 5.74) is 0. The molecule has 0 bridgehead atoms. The van der Waals surface area contributed by atoms with Gasteiger partial charge in [-0.05, 0) is 30.3 Å².